The van der Waals surface area contributed by atoms with Crippen LogP contribution < -0.4 is 4.90 Å². The molecule has 0 radical (unpaired) electrons. The second kappa shape index (κ2) is 7.42. The van der Waals surface area contributed by atoms with Crippen LogP contribution in [0.1, 0.15) is 17.4 Å². The maximum Gasteiger partial charge on any atom is 0.358 e. The van der Waals surface area contributed by atoms with Gasteiger partial charge in [0.05, 0.1) is 12.3 Å². The molecular weight excluding hydrogens is 363 g/mol. The number of aromatic amines is 1. The number of hydrogen-bond acceptors (Lipinski definition) is 6. The van der Waals surface area contributed by atoms with E-state index in [0.717, 1.165) is 6.07 Å². The Kier molecular flexibility index (Phi) is 5.23. The number of esters is 1. The Hall–Kier alpha value is -2.46. The third-order valence-electron chi connectivity index (χ3n) is 4.09. The lowest BCUT2D eigenvalue weighted by atomic mass is 10.2. The fourth-order valence-corrected chi connectivity index (χ4v) is 4.11. The van der Waals surface area contributed by atoms with E-state index in [4.69, 9.17) is 4.74 Å². The van der Waals surface area contributed by atoms with Crippen LogP contribution in [0.2, 0.25) is 0 Å². The number of sulfonamides is 1. The van der Waals surface area contributed by atoms with Gasteiger partial charge in [0.1, 0.15) is 5.82 Å². The van der Waals surface area contributed by atoms with Crippen molar-refractivity contribution >= 4 is 21.7 Å². The third-order valence-corrected chi connectivity index (χ3v) is 5.90. The second-order valence-corrected chi connectivity index (χ2v) is 7.59. The molecule has 0 spiro atoms. The minimum atomic E-state index is -3.82. The van der Waals surface area contributed by atoms with Crippen LogP contribution in [-0.2, 0) is 14.8 Å². The highest BCUT2D eigenvalue weighted by molar-refractivity contribution is 7.89. The van der Waals surface area contributed by atoms with E-state index in [1.165, 1.54) is 10.4 Å². The zero-order chi connectivity index (χ0) is 18.7. The number of anilines is 1. The van der Waals surface area contributed by atoms with Gasteiger partial charge in [0.2, 0.25) is 0 Å². The molecule has 10 heteroatoms. The van der Waals surface area contributed by atoms with Crippen molar-refractivity contribution in [3.63, 3.8) is 0 Å². The van der Waals surface area contributed by atoms with Crippen molar-refractivity contribution in [2.24, 2.45) is 0 Å². The summed E-state index contributed by atoms with van der Waals surface area (Å²) in [6.45, 7) is 2.94. The van der Waals surface area contributed by atoms with Gasteiger partial charge in [-0.1, -0.05) is 12.1 Å². The summed E-state index contributed by atoms with van der Waals surface area (Å²) < 4.78 is 45.4. The van der Waals surface area contributed by atoms with E-state index in [0.29, 0.717) is 18.8 Å². The summed E-state index contributed by atoms with van der Waals surface area (Å²) in [5.74, 6) is -1.02. The van der Waals surface area contributed by atoms with E-state index >= 15 is 0 Å². The number of carbonyl (C=O) groups is 1. The van der Waals surface area contributed by atoms with Gasteiger partial charge in [0.25, 0.3) is 10.0 Å². The number of carbonyl (C=O) groups excluding carboxylic acids is 1. The van der Waals surface area contributed by atoms with Gasteiger partial charge in [-0.25, -0.2) is 17.6 Å². The Morgan fingerprint density at radius 3 is 2.62 bits per heavy atom. The first-order chi connectivity index (χ1) is 12.4. The molecule has 1 fully saturated rings. The number of rotatable bonds is 5. The smallest absolute Gasteiger partial charge is 0.358 e. The minimum Gasteiger partial charge on any atom is -0.461 e. The summed E-state index contributed by atoms with van der Waals surface area (Å²) in [6, 6.07) is 7.55. The van der Waals surface area contributed by atoms with Gasteiger partial charge < -0.3 is 9.64 Å². The van der Waals surface area contributed by atoms with Crippen LogP contribution in [0, 0.1) is 5.82 Å². The Bertz CT molecular complexity index is 891. The van der Waals surface area contributed by atoms with Gasteiger partial charge in [0, 0.05) is 32.2 Å². The van der Waals surface area contributed by atoms with Crippen LogP contribution in [0.4, 0.5) is 10.1 Å². The monoisotopic (exact) mass is 382 g/mol. The molecule has 1 saturated heterocycles. The van der Waals surface area contributed by atoms with E-state index < -0.39 is 16.0 Å². The van der Waals surface area contributed by atoms with E-state index in [1.807, 2.05) is 0 Å². The van der Waals surface area contributed by atoms with Gasteiger partial charge in [-0.2, -0.15) is 9.40 Å². The molecule has 1 aliphatic rings. The molecule has 8 nitrogen and oxygen atoms in total. The van der Waals surface area contributed by atoms with Gasteiger partial charge >= 0.3 is 5.97 Å². The number of aromatic nitrogens is 2. The molecule has 2 heterocycles. The Morgan fingerprint density at radius 2 is 1.96 bits per heavy atom. The molecule has 0 unspecified atom stereocenters. The number of ether oxygens (including phenoxy) is 1. The first-order valence-corrected chi connectivity index (χ1v) is 9.59. The molecule has 0 aliphatic carbocycles. The number of benzene rings is 1. The lowest BCUT2D eigenvalue weighted by Gasteiger charge is -2.35. The van der Waals surface area contributed by atoms with E-state index in [9.17, 15) is 17.6 Å². The number of nitrogens with one attached hydrogen (secondary N) is 1. The first-order valence-electron chi connectivity index (χ1n) is 8.15. The van der Waals surface area contributed by atoms with Crippen molar-refractivity contribution in [3.05, 3.63) is 41.8 Å². The molecule has 3 rings (SSSR count). The van der Waals surface area contributed by atoms with Crippen LogP contribution >= 0.6 is 0 Å². The lowest BCUT2D eigenvalue weighted by Crippen LogP contribution is -2.49. The predicted octanol–water partition coefficient (Wildman–Crippen LogP) is 1.24. The molecule has 0 saturated carbocycles. The highest BCUT2D eigenvalue weighted by Crippen LogP contribution is 2.22. The summed E-state index contributed by atoms with van der Waals surface area (Å²) in [7, 11) is -3.82. The van der Waals surface area contributed by atoms with Crippen LogP contribution in [-0.4, -0.2) is 61.7 Å². The van der Waals surface area contributed by atoms with Crippen LogP contribution in [0.25, 0.3) is 0 Å². The maximum atomic E-state index is 13.9. The zero-order valence-electron chi connectivity index (χ0n) is 14.2. The summed E-state index contributed by atoms with van der Waals surface area (Å²) in [6.07, 6.45) is 0. The molecular formula is C16H19FN4O4S. The number of para-hydroxylation sites is 1. The van der Waals surface area contributed by atoms with Crippen molar-refractivity contribution in [2.75, 3.05) is 37.7 Å². The molecule has 26 heavy (non-hydrogen) atoms. The van der Waals surface area contributed by atoms with Gasteiger partial charge in [-0.15, -0.1) is 0 Å². The lowest BCUT2D eigenvalue weighted by molar-refractivity contribution is 0.0519. The van der Waals surface area contributed by atoms with Crippen molar-refractivity contribution in [1.82, 2.24) is 14.5 Å². The van der Waals surface area contributed by atoms with Gasteiger partial charge in [-0.05, 0) is 19.1 Å². The zero-order valence-corrected chi connectivity index (χ0v) is 15.0. The van der Waals surface area contributed by atoms with E-state index in [1.54, 1.807) is 30.0 Å². The van der Waals surface area contributed by atoms with E-state index in [2.05, 4.69) is 10.2 Å². The van der Waals surface area contributed by atoms with E-state index in [-0.39, 0.29) is 36.2 Å². The standard InChI is InChI=1S/C16H19FN4O4S/c1-2-25-16(22)13-11-15(19-18-13)26(23,24)21-9-7-20(8-10-21)14-6-4-3-5-12(14)17/h3-6,11H,2,7-10H2,1H3,(H,18,19). The SMILES string of the molecule is CCOC(=O)c1cc(S(=O)(=O)N2CCN(c3ccccc3F)CC2)[nH]n1. The maximum absolute atomic E-state index is 13.9. The number of hydrogen-bond donors (Lipinski definition) is 1. The summed E-state index contributed by atoms with van der Waals surface area (Å²) in [4.78, 5) is 13.4. The average molecular weight is 382 g/mol. The van der Waals surface area contributed by atoms with Gasteiger partial charge in [0.15, 0.2) is 10.7 Å². The minimum absolute atomic E-state index is 0.0876. The third kappa shape index (κ3) is 3.56. The Balaban J connectivity index is 1.70. The molecule has 140 valence electrons. The van der Waals surface area contributed by atoms with Crippen molar-refractivity contribution in [1.29, 1.82) is 0 Å². The molecule has 0 amide bonds. The predicted molar refractivity (Wildman–Crippen MR) is 91.9 cm³/mol. The van der Waals surface area contributed by atoms with Crippen molar-refractivity contribution < 1.29 is 22.3 Å². The fourth-order valence-electron chi connectivity index (χ4n) is 2.76. The number of halogens is 1. The van der Waals surface area contributed by atoms with Crippen LogP contribution in [0.5, 0.6) is 0 Å². The first kappa shape index (κ1) is 18.3. The second-order valence-electron chi connectivity index (χ2n) is 5.68. The number of H-pyrrole nitrogens is 1. The molecule has 1 N–H and O–H groups in total. The van der Waals surface area contributed by atoms with Crippen molar-refractivity contribution in [3.8, 4) is 0 Å². The number of piperazine rings is 1. The summed E-state index contributed by atoms with van der Waals surface area (Å²) in [5.41, 5.74) is 0.367. The molecule has 0 bridgehead atoms. The Labute approximate surface area is 150 Å². The Morgan fingerprint density at radius 1 is 1.27 bits per heavy atom. The molecule has 0 atom stereocenters. The quantitative estimate of drug-likeness (QED) is 0.782. The van der Waals surface area contributed by atoms with Crippen LogP contribution in [0.15, 0.2) is 35.4 Å². The molecule has 2 aromatic rings. The largest absolute Gasteiger partial charge is 0.461 e. The topological polar surface area (TPSA) is 95.6 Å². The molecule has 1 aromatic carbocycles. The fraction of sp³-hybridized carbons (Fsp3) is 0.375. The normalized spacial score (nSPS) is 15.8. The van der Waals surface area contributed by atoms with Crippen molar-refractivity contribution in [2.45, 2.75) is 11.9 Å². The van der Waals surface area contributed by atoms with Gasteiger partial charge in [-0.3, -0.25) is 5.10 Å². The van der Waals surface area contributed by atoms with Crippen LogP contribution in [0.3, 0.4) is 0 Å². The number of nitrogens with zero attached hydrogens (tertiary/aromatic N) is 3. The highest BCUT2D eigenvalue weighted by atomic mass is 32.2. The summed E-state index contributed by atoms with van der Waals surface area (Å²) >= 11 is 0. The summed E-state index contributed by atoms with van der Waals surface area (Å²) in [5, 5.41) is 5.92. The average Bonchev–Trinajstić information content (AvgIpc) is 3.14. The molecule has 1 aliphatic heterocycles. The molecule has 1 aromatic heterocycles. The highest BCUT2D eigenvalue weighted by Gasteiger charge is 2.31.